The van der Waals surface area contributed by atoms with Crippen LogP contribution >= 0.6 is 0 Å². The Morgan fingerprint density at radius 3 is 2.75 bits per heavy atom. The van der Waals surface area contributed by atoms with Gasteiger partial charge in [0.25, 0.3) is 0 Å². The topological polar surface area (TPSA) is 38.7 Å². The normalized spacial score (nSPS) is 28.1. The summed E-state index contributed by atoms with van der Waals surface area (Å²) in [7, 11) is 1.70. The summed E-state index contributed by atoms with van der Waals surface area (Å²) < 4.78 is 11.3. The van der Waals surface area contributed by atoms with Crippen molar-refractivity contribution in [1.29, 1.82) is 0 Å². The smallest absolute Gasteiger partial charge is 0.120 e. The minimum atomic E-state index is -0.171. The molecule has 1 aromatic rings. The second kappa shape index (κ2) is 5.74. The predicted molar refractivity (Wildman–Crippen MR) is 77.7 cm³/mol. The zero-order valence-electron chi connectivity index (χ0n) is 12.2. The molecule has 2 aliphatic rings. The summed E-state index contributed by atoms with van der Waals surface area (Å²) in [4.78, 5) is 0. The predicted octanol–water partition coefficient (Wildman–Crippen LogP) is 3.30. The van der Waals surface area contributed by atoms with E-state index in [0.29, 0.717) is 6.61 Å². The highest BCUT2D eigenvalue weighted by atomic mass is 16.5. The molecule has 1 aromatic carbocycles. The number of hydrogen-bond donors (Lipinski definition) is 1. The Labute approximate surface area is 120 Å². The Morgan fingerprint density at radius 1 is 1.25 bits per heavy atom. The SMILES string of the molecule is COCc1cccc(OC2CC(O)C23CCCCC3)c1. The highest BCUT2D eigenvalue weighted by Gasteiger charge is 2.56. The molecule has 1 N–H and O–H groups in total. The summed E-state index contributed by atoms with van der Waals surface area (Å²) in [5.74, 6) is 0.904. The third-order valence-corrected chi connectivity index (χ3v) is 5.01. The van der Waals surface area contributed by atoms with E-state index < -0.39 is 0 Å². The van der Waals surface area contributed by atoms with Crippen LogP contribution in [0.5, 0.6) is 5.75 Å². The molecule has 0 heterocycles. The van der Waals surface area contributed by atoms with E-state index >= 15 is 0 Å². The van der Waals surface area contributed by atoms with Gasteiger partial charge in [-0.05, 0) is 30.5 Å². The van der Waals surface area contributed by atoms with E-state index in [4.69, 9.17) is 9.47 Å². The van der Waals surface area contributed by atoms with Gasteiger partial charge in [-0.1, -0.05) is 31.4 Å². The minimum Gasteiger partial charge on any atom is -0.490 e. The zero-order chi connectivity index (χ0) is 14.0. The van der Waals surface area contributed by atoms with Gasteiger partial charge in [-0.3, -0.25) is 0 Å². The van der Waals surface area contributed by atoms with Gasteiger partial charge in [-0.15, -0.1) is 0 Å². The van der Waals surface area contributed by atoms with Crippen molar-refractivity contribution in [3.05, 3.63) is 29.8 Å². The first kappa shape index (κ1) is 13.9. The van der Waals surface area contributed by atoms with Gasteiger partial charge in [-0.25, -0.2) is 0 Å². The Balaban J connectivity index is 1.69. The summed E-state index contributed by atoms with van der Waals surface area (Å²) in [5, 5.41) is 10.2. The van der Waals surface area contributed by atoms with Gasteiger partial charge in [0.15, 0.2) is 0 Å². The summed E-state index contributed by atoms with van der Waals surface area (Å²) in [6, 6.07) is 8.10. The molecular weight excluding hydrogens is 252 g/mol. The van der Waals surface area contributed by atoms with Crippen molar-refractivity contribution in [2.75, 3.05) is 7.11 Å². The molecule has 2 aliphatic carbocycles. The second-order valence-corrected chi connectivity index (χ2v) is 6.23. The molecule has 2 atom stereocenters. The molecule has 0 radical (unpaired) electrons. The van der Waals surface area contributed by atoms with Crippen molar-refractivity contribution in [2.24, 2.45) is 5.41 Å². The summed E-state index contributed by atoms with van der Waals surface area (Å²) in [5.41, 5.74) is 1.15. The van der Waals surface area contributed by atoms with Gasteiger partial charge >= 0.3 is 0 Å². The van der Waals surface area contributed by atoms with E-state index in [9.17, 15) is 5.11 Å². The van der Waals surface area contributed by atoms with Crippen LogP contribution in [0.15, 0.2) is 24.3 Å². The fourth-order valence-electron chi connectivity index (χ4n) is 3.80. The van der Waals surface area contributed by atoms with Crippen LogP contribution in [0.3, 0.4) is 0 Å². The van der Waals surface area contributed by atoms with Gasteiger partial charge in [0, 0.05) is 18.9 Å². The van der Waals surface area contributed by atoms with E-state index in [-0.39, 0.29) is 17.6 Å². The number of rotatable bonds is 4. The van der Waals surface area contributed by atoms with Crippen LogP contribution < -0.4 is 4.74 Å². The monoisotopic (exact) mass is 276 g/mol. The van der Waals surface area contributed by atoms with Crippen LogP contribution in [-0.4, -0.2) is 24.4 Å². The van der Waals surface area contributed by atoms with Crippen LogP contribution in [0.25, 0.3) is 0 Å². The van der Waals surface area contributed by atoms with E-state index in [0.717, 1.165) is 30.6 Å². The van der Waals surface area contributed by atoms with Crippen LogP contribution in [0.4, 0.5) is 0 Å². The quantitative estimate of drug-likeness (QED) is 0.917. The Bertz CT molecular complexity index is 451. The molecule has 0 amide bonds. The first-order valence-corrected chi connectivity index (χ1v) is 7.67. The van der Waals surface area contributed by atoms with Crippen molar-refractivity contribution in [1.82, 2.24) is 0 Å². The molecule has 0 bridgehead atoms. The van der Waals surface area contributed by atoms with E-state index in [1.807, 2.05) is 24.3 Å². The molecule has 2 unspecified atom stereocenters. The maximum Gasteiger partial charge on any atom is 0.120 e. The third-order valence-electron chi connectivity index (χ3n) is 5.01. The molecule has 0 aromatic heterocycles. The highest BCUT2D eigenvalue weighted by Crippen LogP contribution is 2.53. The number of hydrogen-bond acceptors (Lipinski definition) is 3. The fraction of sp³-hybridized carbons (Fsp3) is 0.647. The molecule has 3 heteroatoms. The van der Waals surface area contributed by atoms with Crippen molar-refractivity contribution >= 4 is 0 Å². The Hall–Kier alpha value is -1.06. The average Bonchev–Trinajstić information content (AvgIpc) is 2.49. The van der Waals surface area contributed by atoms with Crippen molar-refractivity contribution in [2.45, 2.75) is 57.3 Å². The molecule has 0 saturated heterocycles. The van der Waals surface area contributed by atoms with Crippen molar-refractivity contribution in [3.8, 4) is 5.75 Å². The minimum absolute atomic E-state index is 0.0233. The second-order valence-electron chi connectivity index (χ2n) is 6.23. The van der Waals surface area contributed by atoms with Gasteiger partial charge < -0.3 is 14.6 Å². The molecule has 3 nitrogen and oxygen atoms in total. The van der Waals surface area contributed by atoms with Gasteiger partial charge in [-0.2, -0.15) is 0 Å². The molecule has 0 aliphatic heterocycles. The first-order chi connectivity index (χ1) is 9.74. The molecule has 1 spiro atoms. The number of methoxy groups -OCH3 is 1. The molecule has 2 fully saturated rings. The largest absolute Gasteiger partial charge is 0.490 e. The fourth-order valence-corrected chi connectivity index (χ4v) is 3.80. The molecule has 3 rings (SSSR count). The van der Waals surface area contributed by atoms with E-state index in [1.165, 1.54) is 19.3 Å². The van der Waals surface area contributed by atoms with Crippen LogP contribution in [0.2, 0.25) is 0 Å². The number of aliphatic hydroxyl groups is 1. The Morgan fingerprint density at radius 2 is 2.05 bits per heavy atom. The number of aliphatic hydroxyl groups excluding tert-OH is 1. The van der Waals surface area contributed by atoms with E-state index in [2.05, 4.69) is 0 Å². The molecule has 20 heavy (non-hydrogen) atoms. The summed E-state index contributed by atoms with van der Waals surface area (Å²) >= 11 is 0. The first-order valence-electron chi connectivity index (χ1n) is 7.67. The lowest BCUT2D eigenvalue weighted by Crippen LogP contribution is -2.60. The van der Waals surface area contributed by atoms with Gasteiger partial charge in [0.1, 0.15) is 11.9 Å². The van der Waals surface area contributed by atoms with Crippen molar-refractivity contribution < 1.29 is 14.6 Å². The zero-order valence-corrected chi connectivity index (χ0v) is 12.2. The summed E-state index contributed by atoms with van der Waals surface area (Å²) in [6.07, 6.45) is 6.73. The molecule has 2 saturated carbocycles. The van der Waals surface area contributed by atoms with Crippen LogP contribution in [-0.2, 0) is 11.3 Å². The number of ether oxygens (including phenoxy) is 2. The standard InChI is InChI=1S/C17H24O3/c1-19-12-13-6-5-7-14(10-13)20-16-11-15(18)17(16)8-3-2-4-9-17/h5-7,10,15-16,18H,2-4,8-9,11-12H2,1H3. The van der Waals surface area contributed by atoms with Gasteiger partial charge in [0.05, 0.1) is 12.7 Å². The average molecular weight is 276 g/mol. The summed E-state index contributed by atoms with van der Waals surface area (Å²) in [6.45, 7) is 0.607. The van der Waals surface area contributed by atoms with Gasteiger partial charge in [0.2, 0.25) is 0 Å². The number of benzene rings is 1. The molecule has 110 valence electrons. The lowest BCUT2D eigenvalue weighted by Gasteiger charge is -2.55. The maximum atomic E-state index is 10.2. The van der Waals surface area contributed by atoms with Crippen molar-refractivity contribution in [3.63, 3.8) is 0 Å². The van der Waals surface area contributed by atoms with Crippen LogP contribution in [0, 0.1) is 5.41 Å². The third kappa shape index (κ3) is 2.45. The van der Waals surface area contributed by atoms with E-state index in [1.54, 1.807) is 7.11 Å². The van der Waals surface area contributed by atoms with Crippen LogP contribution in [0.1, 0.15) is 44.1 Å². The molecular formula is C17H24O3. The lowest BCUT2D eigenvalue weighted by atomic mass is 9.56. The highest BCUT2D eigenvalue weighted by molar-refractivity contribution is 5.29. The lowest BCUT2D eigenvalue weighted by molar-refractivity contribution is -0.172. The maximum absolute atomic E-state index is 10.2. The Kier molecular flexibility index (Phi) is 3.99.